The molecule has 2 spiro atoms. The van der Waals surface area contributed by atoms with Gasteiger partial charge in [0.1, 0.15) is 5.75 Å². The molecule has 5 aliphatic carbocycles. The molecule has 2 aromatic carbocycles. The zero-order chi connectivity index (χ0) is 31.9. The van der Waals surface area contributed by atoms with Crippen molar-refractivity contribution in [3.63, 3.8) is 0 Å². The van der Waals surface area contributed by atoms with Crippen LogP contribution in [-0.4, -0.2) is 68.1 Å². The fourth-order valence-electron chi connectivity index (χ4n) is 8.88. The lowest BCUT2D eigenvalue weighted by Gasteiger charge is -2.57. The van der Waals surface area contributed by atoms with E-state index in [1.165, 1.54) is 49.8 Å². The predicted molar refractivity (Wildman–Crippen MR) is 169 cm³/mol. The van der Waals surface area contributed by atoms with Crippen molar-refractivity contribution < 1.29 is 37.0 Å². The molecule has 1 amide bonds. The number of ether oxygens (including phenoxy) is 2. The van der Waals surface area contributed by atoms with Crippen LogP contribution in [0.4, 0.5) is 0 Å². The van der Waals surface area contributed by atoms with Gasteiger partial charge in [-0.25, -0.2) is 0 Å². The molecule has 46 heavy (non-hydrogen) atoms. The topological polar surface area (TPSA) is 124 Å². The highest BCUT2D eigenvalue weighted by Crippen LogP contribution is 2.64. The van der Waals surface area contributed by atoms with Crippen LogP contribution in [0.3, 0.4) is 0 Å². The largest absolute Gasteiger partial charge is 0.484 e. The first-order valence-electron chi connectivity index (χ1n) is 16.9. The van der Waals surface area contributed by atoms with E-state index in [1.807, 2.05) is 24.0 Å². The van der Waals surface area contributed by atoms with Gasteiger partial charge in [-0.05, 0) is 99.5 Å². The molecule has 0 unspecified atom stereocenters. The normalized spacial score (nSPS) is 34.8. The molecule has 0 atom stereocenters. The van der Waals surface area contributed by atoms with Crippen LogP contribution in [-0.2, 0) is 29.4 Å². The molecule has 5 saturated carbocycles. The number of rotatable bonds is 5. The summed E-state index contributed by atoms with van der Waals surface area (Å²) in [6.45, 7) is 5.17. The third-order valence-corrected chi connectivity index (χ3v) is 12.1. The number of nitrogens with zero attached hydrogens (tertiary/aromatic N) is 1. The maximum Gasteiger partial charge on any atom is 0.294 e. The fourth-order valence-corrected chi connectivity index (χ4v) is 9.36. The zero-order valence-electron chi connectivity index (χ0n) is 26.6. The van der Waals surface area contributed by atoms with Crippen molar-refractivity contribution in [1.82, 2.24) is 10.2 Å². The summed E-state index contributed by atoms with van der Waals surface area (Å²) in [7, 11) is -4.02. The number of piperazine rings is 1. The SMILES string of the molecule is Cc1ccc(S(=O)(=O)O)cc1.O=C(COc1ccc(C2CCC3(CC2)OOC2(O3)C3CC4CC(C3)CC2C4)cc1)N1CCNCC1. The quantitative estimate of drug-likeness (QED) is 0.330. The second-order valence-electron chi connectivity index (χ2n) is 14.3. The van der Waals surface area contributed by atoms with Gasteiger partial charge >= 0.3 is 0 Å². The van der Waals surface area contributed by atoms with Gasteiger partial charge < -0.3 is 19.7 Å². The van der Waals surface area contributed by atoms with Gasteiger partial charge in [0.05, 0.1) is 4.90 Å². The molecule has 2 aliphatic heterocycles. The molecule has 11 heteroatoms. The van der Waals surface area contributed by atoms with Crippen LogP contribution in [0.15, 0.2) is 53.4 Å². The molecule has 0 radical (unpaired) electrons. The van der Waals surface area contributed by atoms with Crippen LogP contribution in [0.5, 0.6) is 5.75 Å². The third kappa shape index (κ3) is 6.59. The highest BCUT2D eigenvalue weighted by atomic mass is 32.2. The van der Waals surface area contributed by atoms with Crippen molar-refractivity contribution in [3.05, 3.63) is 59.7 Å². The number of hydrogen-bond donors (Lipinski definition) is 2. The van der Waals surface area contributed by atoms with Crippen molar-refractivity contribution in [1.29, 1.82) is 0 Å². The lowest BCUT2D eigenvalue weighted by Crippen LogP contribution is -2.59. The van der Waals surface area contributed by atoms with E-state index in [2.05, 4.69) is 17.4 Å². The first-order chi connectivity index (χ1) is 22.1. The van der Waals surface area contributed by atoms with E-state index in [1.54, 1.807) is 12.1 Å². The van der Waals surface area contributed by atoms with E-state index >= 15 is 0 Å². The summed E-state index contributed by atoms with van der Waals surface area (Å²) in [5, 5.41) is 3.27. The number of nitrogens with one attached hydrogen (secondary N) is 1. The van der Waals surface area contributed by atoms with Crippen molar-refractivity contribution in [3.8, 4) is 5.75 Å². The van der Waals surface area contributed by atoms with Gasteiger partial charge in [0, 0.05) is 50.9 Å². The molecule has 10 nitrogen and oxygen atoms in total. The Morgan fingerprint density at radius 2 is 1.52 bits per heavy atom. The summed E-state index contributed by atoms with van der Waals surface area (Å²) in [4.78, 5) is 26.4. The Kier molecular flexibility index (Phi) is 8.92. The van der Waals surface area contributed by atoms with E-state index in [4.69, 9.17) is 23.8 Å². The highest BCUT2D eigenvalue weighted by Gasteiger charge is 2.66. The van der Waals surface area contributed by atoms with Crippen LogP contribution in [0.25, 0.3) is 0 Å². The van der Waals surface area contributed by atoms with Crippen molar-refractivity contribution in [2.24, 2.45) is 23.7 Å². The Morgan fingerprint density at radius 1 is 0.913 bits per heavy atom. The molecule has 2 N–H and O–H groups in total. The molecule has 7 aliphatic rings. The summed E-state index contributed by atoms with van der Waals surface area (Å²) in [5.41, 5.74) is 2.28. The molecular weight excluding hydrogens is 608 g/mol. The predicted octanol–water partition coefficient (Wildman–Crippen LogP) is 5.22. The molecule has 9 rings (SSSR count). The highest BCUT2D eigenvalue weighted by molar-refractivity contribution is 7.85. The molecule has 250 valence electrons. The maximum atomic E-state index is 12.3. The Hall–Kier alpha value is -2.54. The van der Waals surface area contributed by atoms with Crippen LogP contribution in [0.1, 0.15) is 74.8 Å². The summed E-state index contributed by atoms with van der Waals surface area (Å²) < 4.78 is 42.2. The molecule has 2 saturated heterocycles. The van der Waals surface area contributed by atoms with Crippen LogP contribution in [0.2, 0.25) is 0 Å². The molecule has 2 heterocycles. The Bertz CT molecular complexity index is 1450. The third-order valence-electron chi connectivity index (χ3n) is 11.2. The monoisotopic (exact) mass is 654 g/mol. The maximum absolute atomic E-state index is 12.3. The van der Waals surface area contributed by atoms with Gasteiger partial charge in [-0.3, -0.25) is 9.35 Å². The Morgan fingerprint density at radius 3 is 2.11 bits per heavy atom. The summed E-state index contributed by atoms with van der Waals surface area (Å²) in [6.07, 6.45) is 10.3. The summed E-state index contributed by atoms with van der Waals surface area (Å²) in [6, 6.07) is 14.3. The van der Waals surface area contributed by atoms with E-state index in [9.17, 15) is 13.2 Å². The number of aryl methyl sites for hydroxylation is 1. The minimum atomic E-state index is -4.02. The summed E-state index contributed by atoms with van der Waals surface area (Å²) in [5.74, 6) is 3.07. The van der Waals surface area contributed by atoms with E-state index in [-0.39, 0.29) is 17.4 Å². The average Bonchev–Trinajstić information content (AvgIpc) is 3.43. The fraction of sp³-hybridized carbons (Fsp3) is 0.629. The standard InChI is InChI=1S/C28H38N2O5.C7H8O3S/c31-26(30-11-9-29-10-12-30)18-32-25-3-1-21(2-4-25)22-5-7-27(8-6-22)33-28(35-34-27)23-14-19-13-20(16-23)17-24(28)15-19;1-6-2-4-7(5-3-6)11(8,9)10/h1-4,19-20,22-24,29H,5-18H2;2-5H,1H3,(H,8,9,10). The molecule has 4 bridgehead atoms. The van der Waals surface area contributed by atoms with Gasteiger partial charge in [-0.1, -0.05) is 29.8 Å². The van der Waals surface area contributed by atoms with Gasteiger partial charge in [0.25, 0.3) is 16.0 Å². The second kappa shape index (κ2) is 12.8. The number of benzene rings is 2. The molecular formula is C35H46N2O8S. The zero-order valence-corrected chi connectivity index (χ0v) is 27.4. The number of amides is 1. The lowest BCUT2D eigenvalue weighted by molar-refractivity contribution is -0.390. The first kappa shape index (κ1) is 32.0. The molecule has 0 aromatic heterocycles. The molecule has 2 aromatic rings. The van der Waals surface area contributed by atoms with E-state index in [0.717, 1.165) is 75.0 Å². The van der Waals surface area contributed by atoms with Gasteiger partial charge in [-0.2, -0.15) is 18.2 Å². The van der Waals surface area contributed by atoms with Crippen LogP contribution in [0, 0.1) is 30.6 Å². The number of carbonyl (C=O) groups excluding carboxylic acids is 1. The molecule has 7 fully saturated rings. The Labute approximate surface area is 271 Å². The smallest absolute Gasteiger partial charge is 0.294 e. The van der Waals surface area contributed by atoms with E-state index in [0.29, 0.717) is 17.8 Å². The van der Waals surface area contributed by atoms with Gasteiger partial charge in [0.2, 0.25) is 11.6 Å². The number of carbonyl (C=O) groups is 1. The second-order valence-corrected chi connectivity index (χ2v) is 15.7. The lowest BCUT2D eigenvalue weighted by atomic mass is 9.53. The van der Waals surface area contributed by atoms with Crippen molar-refractivity contribution >= 4 is 16.0 Å². The van der Waals surface area contributed by atoms with Gasteiger partial charge in [-0.15, -0.1) is 0 Å². The summed E-state index contributed by atoms with van der Waals surface area (Å²) >= 11 is 0. The Balaban J connectivity index is 0.000000263. The van der Waals surface area contributed by atoms with Gasteiger partial charge in [0.15, 0.2) is 6.61 Å². The average molecular weight is 655 g/mol. The number of hydrogen-bond acceptors (Lipinski definition) is 8. The first-order valence-corrected chi connectivity index (χ1v) is 18.4. The van der Waals surface area contributed by atoms with Crippen molar-refractivity contribution in [2.75, 3.05) is 32.8 Å². The van der Waals surface area contributed by atoms with E-state index < -0.39 is 21.7 Å². The minimum Gasteiger partial charge on any atom is -0.484 e. The van der Waals surface area contributed by atoms with Crippen LogP contribution < -0.4 is 10.1 Å². The van der Waals surface area contributed by atoms with Crippen LogP contribution >= 0.6 is 0 Å². The van der Waals surface area contributed by atoms with Crippen molar-refractivity contribution in [2.45, 2.75) is 87.1 Å². The minimum absolute atomic E-state index is 0.0591.